The second kappa shape index (κ2) is 14.1. The van der Waals surface area contributed by atoms with Crippen molar-refractivity contribution in [3.8, 4) is 5.75 Å². The molecule has 0 heterocycles. The Morgan fingerprint density at radius 2 is 1.60 bits per heavy atom. The van der Waals surface area contributed by atoms with Gasteiger partial charge in [0.25, 0.3) is 0 Å². The quantitative estimate of drug-likeness (QED) is 0.461. The normalized spacial score (nSPS) is 14.9. The van der Waals surface area contributed by atoms with Crippen molar-refractivity contribution >= 4 is 0 Å². The van der Waals surface area contributed by atoms with E-state index in [1.807, 2.05) is 30.3 Å². The van der Waals surface area contributed by atoms with Crippen LogP contribution in [0.25, 0.3) is 0 Å². The monoisotopic (exact) mass is 352 g/mol. The maximum absolute atomic E-state index is 10.5. The molecule has 0 aliphatic carbocycles. The molecule has 3 atom stereocenters. The van der Waals surface area contributed by atoms with Crippen molar-refractivity contribution in [2.75, 3.05) is 13.2 Å². The van der Waals surface area contributed by atoms with Gasteiger partial charge in [-0.3, -0.25) is 0 Å². The Hall–Kier alpha value is -1.10. The predicted molar refractivity (Wildman–Crippen MR) is 102 cm³/mol. The molecule has 144 valence electrons. The van der Waals surface area contributed by atoms with Crippen molar-refractivity contribution in [1.29, 1.82) is 0 Å². The van der Waals surface area contributed by atoms with Crippen LogP contribution in [-0.4, -0.2) is 41.7 Å². The fourth-order valence-electron chi connectivity index (χ4n) is 2.73. The lowest BCUT2D eigenvalue weighted by atomic mass is 10.0. The van der Waals surface area contributed by atoms with E-state index in [1.54, 1.807) is 6.92 Å². The lowest BCUT2D eigenvalue weighted by Crippen LogP contribution is -2.36. The summed E-state index contributed by atoms with van der Waals surface area (Å²) in [6.07, 6.45) is 8.18. The Labute approximate surface area is 153 Å². The molecule has 4 heteroatoms. The molecule has 1 aromatic carbocycles. The lowest BCUT2D eigenvalue weighted by molar-refractivity contribution is -0.0619. The molecule has 4 nitrogen and oxygen atoms in total. The van der Waals surface area contributed by atoms with Gasteiger partial charge in [-0.25, -0.2) is 0 Å². The highest BCUT2D eigenvalue weighted by molar-refractivity contribution is 5.21. The third-order valence-corrected chi connectivity index (χ3v) is 4.36. The zero-order chi connectivity index (χ0) is 18.3. The van der Waals surface area contributed by atoms with Crippen LogP contribution < -0.4 is 4.74 Å². The summed E-state index contributed by atoms with van der Waals surface area (Å²) in [7, 11) is 0. The molecule has 2 N–H and O–H groups in total. The van der Waals surface area contributed by atoms with Gasteiger partial charge in [0.1, 0.15) is 18.0 Å². The minimum atomic E-state index is -0.700. The second-order valence-electron chi connectivity index (χ2n) is 6.77. The van der Waals surface area contributed by atoms with Crippen LogP contribution >= 0.6 is 0 Å². The number of para-hydroxylation sites is 1. The van der Waals surface area contributed by atoms with Gasteiger partial charge in [-0.15, -0.1) is 0 Å². The van der Waals surface area contributed by atoms with Crippen molar-refractivity contribution in [2.24, 2.45) is 0 Å². The highest BCUT2D eigenvalue weighted by Crippen LogP contribution is 2.18. The molecule has 0 aromatic heterocycles. The average Bonchev–Trinajstić information content (AvgIpc) is 2.64. The minimum Gasteiger partial charge on any atom is -0.488 e. The smallest absolute Gasteiger partial charge is 0.127 e. The van der Waals surface area contributed by atoms with Crippen molar-refractivity contribution in [3.63, 3.8) is 0 Å². The third kappa shape index (κ3) is 10.5. The van der Waals surface area contributed by atoms with Gasteiger partial charge in [0.05, 0.1) is 19.3 Å². The van der Waals surface area contributed by atoms with E-state index in [1.165, 1.54) is 38.5 Å². The third-order valence-electron chi connectivity index (χ3n) is 4.36. The zero-order valence-electron chi connectivity index (χ0n) is 15.9. The molecule has 0 amide bonds. The minimum absolute atomic E-state index is 0.0469. The molecular weight excluding hydrogens is 316 g/mol. The summed E-state index contributed by atoms with van der Waals surface area (Å²) in [6.45, 7) is 4.15. The van der Waals surface area contributed by atoms with Crippen LogP contribution in [-0.2, 0) is 4.74 Å². The van der Waals surface area contributed by atoms with Gasteiger partial charge in [0.2, 0.25) is 0 Å². The molecular formula is C21H36O4. The maximum Gasteiger partial charge on any atom is 0.127 e. The van der Waals surface area contributed by atoms with Crippen molar-refractivity contribution < 1.29 is 19.7 Å². The van der Waals surface area contributed by atoms with Gasteiger partial charge < -0.3 is 19.7 Å². The van der Waals surface area contributed by atoms with E-state index in [0.29, 0.717) is 0 Å². The van der Waals surface area contributed by atoms with Crippen molar-refractivity contribution in [2.45, 2.75) is 83.5 Å². The maximum atomic E-state index is 10.5. The molecule has 0 aliphatic rings. The highest BCUT2D eigenvalue weighted by Gasteiger charge is 2.22. The number of aliphatic hydroxyl groups is 2. The molecule has 0 saturated heterocycles. The Morgan fingerprint density at radius 1 is 0.960 bits per heavy atom. The molecule has 0 spiro atoms. The average molecular weight is 353 g/mol. The predicted octanol–water partition coefficient (Wildman–Crippen LogP) is 4.33. The Kier molecular flexibility index (Phi) is 12.4. The molecule has 0 aliphatic heterocycles. The fraction of sp³-hybridized carbons (Fsp3) is 0.714. The molecule has 3 unspecified atom stereocenters. The first-order chi connectivity index (χ1) is 12.2. The Morgan fingerprint density at radius 3 is 2.24 bits per heavy atom. The van der Waals surface area contributed by atoms with E-state index in [0.717, 1.165) is 18.6 Å². The van der Waals surface area contributed by atoms with Gasteiger partial charge in [-0.2, -0.15) is 0 Å². The first kappa shape index (κ1) is 21.9. The SMILES string of the molecule is CCCCCCCCCC(Oc1ccccc1)C(O)COC(C)CO. The van der Waals surface area contributed by atoms with Gasteiger partial charge >= 0.3 is 0 Å². The summed E-state index contributed by atoms with van der Waals surface area (Å²) >= 11 is 0. The summed E-state index contributed by atoms with van der Waals surface area (Å²) in [4.78, 5) is 0. The largest absolute Gasteiger partial charge is 0.488 e. The fourth-order valence-corrected chi connectivity index (χ4v) is 2.73. The number of benzene rings is 1. The molecule has 0 radical (unpaired) electrons. The molecule has 0 bridgehead atoms. The van der Waals surface area contributed by atoms with Crippen LogP contribution in [0.2, 0.25) is 0 Å². The highest BCUT2D eigenvalue weighted by atomic mass is 16.5. The molecule has 0 fully saturated rings. The van der Waals surface area contributed by atoms with Crippen molar-refractivity contribution in [3.05, 3.63) is 30.3 Å². The van der Waals surface area contributed by atoms with Gasteiger partial charge in [0, 0.05) is 0 Å². The molecule has 0 saturated carbocycles. The number of ether oxygens (including phenoxy) is 2. The summed E-state index contributed by atoms with van der Waals surface area (Å²) in [6, 6.07) is 9.61. The number of hydrogen-bond acceptors (Lipinski definition) is 4. The van der Waals surface area contributed by atoms with E-state index in [-0.39, 0.29) is 25.4 Å². The first-order valence-corrected chi connectivity index (χ1v) is 9.79. The summed E-state index contributed by atoms with van der Waals surface area (Å²) in [5.74, 6) is 0.768. The number of rotatable bonds is 15. The summed E-state index contributed by atoms with van der Waals surface area (Å²) < 4.78 is 11.5. The topological polar surface area (TPSA) is 58.9 Å². The van der Waals surface area contributed by atoms with E-state index in [4.69, 9.17) is 14.6 Å². The van der Waals surface area contributed by atoms with Crippen LogP contribution in [0.4, 0.5) is 0 Å². The van der Waals surface area contributed by atoms with E-state index in [9.17, 15) is 5.11 Å². The number of hydrogen-bond donors (Lipinski definition) is 2. The van der Waals surface area contributed by atoms with Crippen LogP contribution in [0.3, 0.4) is 0 Å². The van der Waals surface area contributed by atoms with Crippen LogP contribution in [0.15, 0.2) is 30.3 Å². The standard InChI is InChI=1S/C21H36O4/c1-3-4-5-6-7-8-12-15-21(20(23)17-24-18(2)16-22)25-19-13-10-9-11-14-19/h9-11,13-14,18,20-23H,3-8,12,15-17H2,1-2H3. The summed E-state index contributed by atoms with van der Waals surface area (Å²) in [5, 5.41) is 19.5. The van der Waals surface area contributed by atoms with Gasteiger partial charge in [-0.1, -0.05) is 63.6 Å². The van der Waals surface area contributed by atoms with Crippen LogP contribution in [0.5, 0.6) is 5.75 Å². The Balaban J connectivity index is 2.41. The molecule has 1 aromatic rings. The van der Waals surface area contributed by atoms with E-state index >= 15 is 0 Å². The lowest BCUT2D eigenvalue weighted by Gasteiger charge is -2.25. The molecule has 25 heavy (non-hydrogen) atoms. The van der Waals surface area contributed by atoms with E-state index in [2.05, 4.69) is 6.92 Å². The van der Waals surface area contributed by atoms with Crippen molar-refractivity contribution in [1.82, 2.24) is 0 Å². The van der Waals surface area contributed by atoms with Crippen LogP contribution in [0.1, 0.15) is 65.2 Å². The zero-order valence-corrected chi connectivity index (χ0v) is 15.9. The van der Waals surface area contributed by atoms with Crippen LogP contribution in [0, 0.1) is 0 Å². The Bertz CT molecular complexity index is 410. The number of unbranched alkanes of at least 4 members (excludes halogenated alkanes) is 6. The second-order valence-corrected chi connectivity index (χ2v) is 6.77. The molecule has 1 rings (SSSR count). The van der Waals surface area contributed by atoms with E-state index < -0.39 is 6.10 Å². The summed E-state index contributed by atoms with van der Waals surface area (Å²) in [5.41, 5.74) is 0. The first-order valence-electron chi connectivity index (χ1n) is 9.79. The van der Waals surface area contributed by atoms with Gasteiger partial charge in [-0.05, 0) is 31.9 Å². The van der Waals surface area contributed by atoms with Gasteiger partial charge in [0.15, 0.2) is 0 Å². The number of aliphatic hydroxyl groups excluding tert-OH is 2.